The average molecular weight is 336 g/mol. The third-order valence-electron chi connectivity index (χ3n) is 3.42. The summed E-state index contributed by atoms with van der Waals surface area (Å²) in [7, 11) is 0. The molecule has 0 fully saturated rings. The zero-order chi connectivity index (χ0) is 16.9. The molecular formula is C18H14ClN5. The van der Waals surface area contributed by atoms with E-state index < -0.39 is 0 Å². The second-order valence-electron chi connectivity index (χ2n) is 5.19. The highest BCUT2D eigenvalue weighted by Crippen LogP contribution is 2.24. The Hall–Kier alpha value is -3.10. The van der Waals surface area contributed by atoms with Crippen LogP contribution in [0.1, 0.15) is 11.1 Å². The summed E-state index contributed by atoms with van der Waals surface area (Å²) < 4.78 is 0. The lowest BCUT2D eigenvalue weighted by atomic mass is 10.2. The summed E-state index contributed by atoms with van der Waals surface area (Å²) in [6.45, 7) is 2.00. The molecule has 0 atom stereocenters. The first-order valence-corrected chi connectivity index (χ1v) is 7.64. The Morgan fingerprint density at radius 3 is 2.38 bits per heavy atom. The molecule has 0 aliphatic carbocycles. The molecule has 0 bridgehead atoms. The first-order valence-electron chi connectivity index (χ1n) is 7.26. The maximum Gasteiger partial charge on any atom is 0.135 e. The number of hydrogen-bond donors (Lipinski definition) is 2. The number of nitrogens with zero attached hydrogens (tertiary/aromatic N) is 3. The molecule has 0 aliphatic heterocycles. The standard InChI is InChI=1S/C18H14ClN5/c1-12-2-5-14(19)8-16(12)24-18-9-17(21-11-22-18)23-15-6-3-13(10-20)4-7-15/h2-9,11H,1H3,(H2,21,22,23,24). The van der Waals surface area contributed by atoms with Crippen molar-refractivity contribution in [3.63, 3.8) is 0 Å². The number of benzene rings is 2. The normalized spacial score (nSPS) is 10.0. The maximum atomic E-state index is 8.83. The number of aromatic nitrogens is 2. The fraction of sp³-hybridized carbons (Fsp3) is 0.0556. The van der Waals surface area contributed by atoms with Gasteiger partial charge in [-0.15, -0.1) is 0 Å². The van der Waals surface area contributed by atoms with E-state index in [4.69, 9.17) is 16.9 Å². The number of halogens is 1. The van der Waals surface area contributed by atoms with Crippen LogP contribution >= 0.6 is 11.6 Å². The number of anilines is 4. The minimum Gasteiger partial charge on any atom is -0.340 e. The minimum absolute atomic E-state index is 0.613. The molecule has 2 N–H and O–H groups in total. The molecule has 2 aromatic carbocycles. The Kier molecular flexibility index (Phi) is 4.59. The van der Waals surface area contributed by atoms with Gasteiger partial charge in [0.2, 0.25) is 0 Å². The molecule has 3 aromatic rings. The summed E-state index contributed by atoms with van der Waals surface area (Å²) in [5.74, 6) is 1.31. The summed E-state index contributed by atoms with van der Waals surface area (Å²) in [4.78, 5) is 8.43. The van der Waals surface area contributed by atoms with E-state index in [2.05, 4.69) is 26.7 Å². The number of hydrogen-bond acceptors (Lipinski definition) is 5. The smallest absolute Gasteiger partial charge is 0.135 e. The average Bonchev–Trinajstić information content (AvgIpc) is 2.59. The Morgan fingerprint density at radius 1 is 0.958 bits per heavy atom. The lowest BCUT2D eigenvalue weighted by Crippen LogP contribution is -1.99. The van der Waals surface area contributed by atoms with E-state index in [9.17, 15) is 0 Å². The number of aryl methyl sites for hydroxylation is 1. The van der Waals surface area contributed by atoms with Gasteiger partial charge in [0.15, 0.2) is 0 Å². The van der Waals surface area contributed by atoms with Crippen LogP contribution in [-0.4, -0.2) is 9.97 Å². The van der Waals surface area contributed by atoms with Crippen LogP contribution in [0.5, 0.6) is 0 Å². The molecule has 0 saturated carbocycles. The zero-order valence-corrected chi connectivity index (χ0v) is 13.7. The molecule has 3 rings (SSSR count). The highest BCUT2D eigenvalue weighted by Gasteiger charge is 2.04. The molecule has 0 spiro atoms. The van der Waals surface area contributed by atoms with Gasteiger partial charge in [-0.2, -0.15) is 5.26 Å². The van der Waals surface area contributed by atoms with Gasteiger partial charge in [0.25, 0.3) is 0 Å². The van der Waals surface area contributed by atoms with Crippen molar-refractivity contribution < 1.29 is 0 Å². The number of rotatable bonds is 4. The number of nitriles is 1. The highest BCUT2D eigenvalue weighted by atomic mass is 35.5. The van der Waals surface area contributed by atoms with E-state index in [0.29, 0.717) is 22.2 Å². The van der Waals surface area contributed by atoms with Crippen LogP contribution < -0.4 is 10.6 Å². The van der Waals surface area contributed by atoms with Gasteiger partial charge >= 0.3 is 0 Å². The monoisotopic (exact) mass is 335 g/mol. The molecule has 24 heavy (non-hydrogen) atoms. The van der Waals surface area contributed by atoms with Crippen molar-refractivity contribution in [2.75, 3.05) is 10.6 Å². The van der Waals surface area contributed by atoms with Crippen LogP contribution in [0, 0.1) is 18.3 Å². The minimum atomic E-state index is 0.613. The molecule has 118 valence electrons. The molecule has 0 radical (unpaired) electrons. The zero-order valence-electron chi connectivity index (χ0n) is 12.9. The van der Waals surface area contributed by atoms with Gasteiger partial charge in [-0.05, 0) is 48.9 Å². The number of nitrogens with one attached hydrogen (secondary N) is 2. The predicted octanol–water partition coefficient (Wildman–Crippen LogP) is 4.80. The summed E-state index contributed by atoms with van der Waals surface area (Å²) in [6, 6.07) is 16.7. The molecule has 0 amide bonds. The molecule has 1 aromatic heterocycles. The summed E-state index contributed by atoms with van der Waals surface area (Å²) in [5.41, 5.74) is 3.42. The van der Waals surface area contributed by atoms with Gasteiger partial charge in [0.1, 0.15) is 18.0 Å². The fourth-order valence-corrected chi connectivity index (χ4v) is 2.31. The predicted molar refractivity (Wildman–Crippen MR) is 95.9 cm³/mol. The lowest BCUT2D eigenvalue weighted by molar-refractivity contribution is 1.16. The van der Waals surface area contributed by atoms with E-state index >= 15 is 0 Å². The summed E-state index contributed by atoms with van der Waals surface area (Å²) in [6.07, 6.45) is 1.48. The molecule has 0 saturated heterocycles. The largest absolute Gasteiger partial charge is 0.340 e. The van der Waals surface area contributed by atoms with Crippen molar-refractivity contribution in [3.8, 4) is 6.07 Å². The van der Waals surface area contributed by atoms with Crippen molar-refractivity contribution in [3.05, 3.63) is 71.0 Å². The maximum absolute atomic E-state index is 8.83. The first-order chi connectivity index (χ1) is 11.6. The molecule has 0 unspecified atom stereocenters. The van der Waals surface area contributed by atoms with Gasteiger partial charge in [0.05, 0.1) is 11.6 Å². The van der Waals surface area contributed by atoms with Gasteiger partial charge in [0, 0.05) is 22.5 Å². The van der Waals surface area contributed by atoms with E-state index in [1.54, 1.807) is 18.2 Å². The first kappa shape index (κ1) is 15.8. The van der Waals surface area contributed by atoms with Crippen LogP contribution in [0.2, 0.25) is 5.02 Å². The Bertz CT molecular complexity index is 900. The van der Waals surface area contributed by atoms with Gasteiger partial charge in [-0.3, -0.25) is 0 Å². The van der Waals surface area contributed by atoms with E-state index in [1.165, 1.54) is 6.33 Å². The highest BCUT2D eigenvalue weighted by molar-refractivity contribution is 6.30. The molecule has 0 aliphatic rings. The van der Waals surface area contributed by atoms with Gasteiger partial charge in [-0.1, -0.05) is 17.7 Å². The lowest BCUT2D eigenvalue weighted by Gasteiger charge is -2.11. The van der Waals surface area contributed by atoms with Gasteiger partial charge in [-0.25, -0.2) is 9.97 Å². The summed E-state index contributed by atoms with van der Waals surface area (Å²) >= 11 is 6.04. The SMILES string of the molecule is Cc1ccc(Cl)cc1Nc1cc(Nc2ccc(C#N)cc2)ncn1. The van der Waals surface area contributed by atoms with Crippen molar-refractivity contribution in [1.82, 2.24) is 9.97 Å². The van der Waals surface area contributed by atoms with E-state index in [0.717, 1.165) is 16.9 Å². The summed E-state index contributed by atoms with van der Waals surface area (Å²) in [5, 5.41) is 15.9. The second kappa shape index (κ2) is 6.99. The molecular weight excluding hydrogens is 322 g/mol. The van der Waals surface area contributed by atoms with Crippen molar-refractivity contribution in [1.29, 1.82) is 5.26 Å². The Morgan fingerprint density at radius 2 is 1.67 bits per heavy atom. The van der Waals surface area contributed by atoms with Crippen molar-refractivity contribution >= 4 is 34.6 Å². The molecule has 6 heteroatoms. The van der Waals surface area contributed by atoms with Crippen LogP contribution in [0.3, 0.4) is 0 Å². The van der Waals surface area contributed by atoms with E-state index in [-0.39, 0.29) is 0 Å². The van der Waals surface area contributed by atoms with Crippen molar-refractivity contribution in [2.24, 2.45) is 0 Å². The Labute approximate surface area is 145 Å². The van der Waals surface area contributed by atoms with E-state index in [1.807, 2.05) is 37.3 Å². The van der Waals surface area contributed by atoms with Crippen LogP contribution in [0.15, 0.2) is 54.9 Å². The third kappa shape index (κ3) is 3.80. The van der Waals surface area contributed by atoms with Crippen LogP contribution in [0.25, 0.3) is 0 Å². The van der Waals surface area contributed by atoms with Crippen molar-refractivity contribution in [2.45, 2.75) is 6.92 Å². The third-order valence-corrected chi connectivity index (χ3v) is 3.65. The van der Waals surface area contributed by atoms with Crippen LogP contribution in [0.4, 0.5) is 23.0 Å². The topological polar surface area (TPSA) is 73.6 Å². The quantitative estimate of drug-likeness (QED) is 0.716. The fourth-order valence-electron chi connectivity index (χ4n) is 2.14. The second-order valence-corrected chi connectivity index (χ2v) is 5.62. The molecule has 1 heterocycles. The van der Waals surface area contributed by atoms with Crippen LogP contribution in [-0.2, 0) is 0 Å². The Balaban J connectivity index is 1.78. The molecule has 5 nitrogen and oxygen atoms in total. The van der Waals surface area contributed by atoms with Gasteiger partial charge < -0.3 is 10.6 Å².